The summed E-state index contributed by atoms with van der Waals surface area (Å²) in [5, 5.41) is 10.2. The fraction of sp³-hybridized carbons (Fsp3) is 0.417. The van der Waals surface area contributed by atoms with Gasteiger partial charge in [-0.1, -0.05) is 72.5 Å². The molecule has 3 aliphatic carbocycles. The molecule has 4 unspecified atom stereocenters. The second-order valence-corrected chi connectivity index (χ2v) is 16.7. The van der Waals surface area contributed by atoms with Gasteiger partial charge in [-0.05, 0) is 108 Å². The summed E-state index contributed by atoms with van der Waals surface area (Å²) < 4.78 is 0. The number of hydrogen-bond donors (Lipinski definition) is 0. The van der Waals surface area contributed by atoms with Crippen LogP contribution in [0.3, 0.4) is 0 Å². The van der Waals surface area contributed by atoms with Crippen LogP contribution in [0, 0.1) is 19.3 Å². The van der Waals surface area contributed by atoms with Crippen LogP contribution in [-0.4, -0.2) is 11.8 Å². The zero-order valence-corrected chi connectivity index (χ0v) is 29.7. The van der Waals surface area contributed by atoms with E-state index in [9.17, 15) is 0 Å². The normalized spacial score (nSPS) is 24.5. The van der Waals surface area contributed by atoms with E-state index >= 15 is 0 Å². The topological polar surface area (TPSA) is 14.1 Å². The first-order chi connectivity index (χ1) is 20.1. The van der Waals surface area contributed by atoms with Crippen LogP contribution in [0.25, 0.3) is 10.9 Å². The van der Waals surface area contributed by atoms with E-state index in [-0.39, 0.29) is 7.43 Å². The molecule has 0 amide bonds. The van der Waals surface area contributed by atoms with E-state index in [4.69, 9.17) is 23.9 Å². The molecular weight excluding hydrogens is 629 g/mol. The van der Waals surface area contributed by atoms with Gasteiger partial charge in [-0.3, -0.25) is 0 Å². The van der Waals surface area contributed by atoms with Gasteiger partial charge in [0, 0.05) is 16.5 Å². The minimum atomic E-state index is -0.556. The van der Waals surface area contributed by atoms with Crippen molar-refractivity contribution in [3.05, 3.63) is 116 Å². The Balaban J connectivity index is 0.000000151. The third kappa shape index (κ3) is 6.54. The molecule has 3 aromatic rings. The van der Waals surface area contributed by atoms with Gasteiger partial charge in [0.25, 0.3) is 0 Å². The molecule has 5 aliphatic rings. The van der Waals surface area contributed by atoms with Gasteiger partial charge >= 0.3 is 35.6 Å². The summed E-state index contributed by atoms with van der Waals surface area (Å²) in [7, 11) is 9.78. The summed E-state index contributed by atoms with van der Waals surface area (Å²) in [6.45, 7) is 5.76. The maximum atomic E-state index is 4.89. The zero-order valence-electron chi connectivity index (χ0n) is 25.0. The van der Waals surface area contributed by atoms with Gasteiger partial charge in [0.2, 0.25) is 0 Å². The van der Waals surface area contributed by atoms with Crippen molar-refractivity contribution < 1.29 is 17.0 Å². The van der Waals surface area contributed by atoms with E-state index < -0.39 is 17.0 Å². The second-order valence-electron chi connectivity index (χ2n) is 12.0. The predicted octanol–water partition coefficient (Wildman–Crippen LogP) is 11.8. The number of halogens is 2. The van der Waals surface area contributed by atoms with Gasteiger partial charge in [0.15, 0.2) is 0 Å². The minimum absolute atomic E-state index is 0. The molecule has 0 saturated heterocycles. The summed E-state index contributed by atoms with van der Waals surface area (Å²) in [4.78, 5) is 1.56. The van der Waals surface area contributed by atoms with E-state index in [0.29, 0.717) is 5.92 Å². The van der Waals surface area contributed by atoms with E-state index in [0.717, 1.165) is 30.1 Å². The molecule has 1 nitrogen and oxygen atoms in total. The van der Waals surface area contributed by atoms with Gasteiger partial charge in [-0.15, -0.1) is 35.3 Å². The van der Waals surface area contributed by atoms with Crippen molar-refractivity contribution in [1.29, 1.82) is 0 Å². The fourth-order valence-electron chi connectivity index (χ4n) is 7.81. The van der Waals surface area contributed by atoms with Crippen molar-refractivity contribution in [2.45, 2.75) is 76.4 Å². The Morgan fingerprint density at radius 2 is 1.69 bits per heavy atom. The number of para-hydroxylation sites is 1. The van der Waals surface area contributed by atoms with Crippen LogP contribution < -0.4 is 0 Å². The summed E-state index contributed by atoms with van der Waals surface area (Å²) in [6.07, 6.45) is 12.7. The van der Waals surface area contributed by atoms with Gasteiger partial charge < -0.3 is 12.7 Å². The number of aryl methyl sites for hydroxylation is 2. The first-order valence-electron chi connectivity index (χ1n) is 15.1. The molecule has 0 bridgehead atoms. The SMILES string of the molecule is CC1=C(c2cccc3c2CCCC3)c2ccsc2C1.CC1CC2SC=CC2C1c1cccc2c1[N-]CCC2.[CH3-].[Cl][Ti][Cl]. The Kier molecular flexibility index (Phi) is 11.5. The average molecular weight is 671 g/mol. The third-order valence-corrected chi connectivity index (χ3v) is 11.6. The Hall–Kier alpha value is -0.936. The zero-order chi connectivity index (χ0) is 28.3. The first kappa shape index (κ1) is 32.5. The molecule has 42 heavy (non-hydrogen) atoms. The number of thioether (sulfide) groups is 1. The van der Waals surface area contributed by atoms with Crippen molar-refractivity contribution in [1.82, 2.24) is 0 Å². The summed E-state index contributed by atoms with van der Waals surface area (Å²) in [5.41, 5.74) is 13.7. The third-order valence-electron chi connectivity index (χ3n) is 9.53. The van der Waals surface area contributed by atoms with Crippen molar-refractivity contribution in [2.24, 2.45) is 11.8 Å². The van der Waals surface area contributed by atoms with E-state index in [1.54, 1.807) is 21.6 Å². The second kappa shape index (κ2) is 14.9. The van der Waals surface area contributed by atoms with E-state index in [2.05, 4.69) is 73.2 Å². The fourth-order valence-corrected chi connectivity index (χ4v) is 10.1. The number of hydrogen-bond acceptors (Lipinski definition) is 2. The van der Waals surface area contributed by atoms with Crippen molar-refractivity contribution >= 4 is 53.0 Å². The number of allylic oxidation sites excluding steroid dienone is 2. The average Bonchev–Trinajstić information content (AvgIpc) is 3.76. The van der Waals surface area contributed by atoms with E-state index in [1.807, 2.05) is 23.1 Å². The molecule has 6 heteroatoms. The molecule has 2 aliphatic heterocycles. The molecule has 4 atom stereocenters. The molecule has 0 N–H and O–H groups in total. The van der Waals surface area contributed by atoms with Crippen LogP contribution in [0.2, 0.25) is 0 Å². The molecule has 1 aromatic heterocycles. The molecule has 1 fully saturated rings. The molecule has 1 saturated carbocycles. The van der Waals surface area contributed by atoms with Crippen LogP contribution >= 0.6 is 41.7 Å². The number of fused-ring (bicyclic) bond motifs is 4. The number of thiophene rings is 1. The Bertz CT molecular complexity index is 1440. The van der Waals surface area contributed by atoms with Crippen LogP contribution in [-0.2, 0) is 42.7 Å². The van der Waals surface area contributed by atoms with Crippen LogP contribution in [0.15, 0.2) is 64.9 Å². The summed E-state index contributed by atoms with van der Waals surface area (Å²) in [6, 6.07) is 16.1. The molecule has 222 valence electrons. The van der Waals surface area contributed by atoms with Crippen LogP contribution in [0.4, 0.5) is 5.69 Å². The maximum absolute atomic E-state index is 4.89. The van der Waals surface area contributed by atoms with Gasteiger partial charge in [0.1, 0.15) is 0 Å². The molecule has 3 heterocycles. The Morgan fingerprint density at radius 3 is 2.55 bits per heavy atom. The summed E-state index contributed by atoms with van der Waals surface area (Å²) in [5.74, 6) is 2.22. The number of rotatable bonds is 2. The van der Waals surface area contributed by atoms with Crippen LogP contribution in [0.1, 0.15) is 83.7 Å². The van der Waals surface area contributed by atoms with Crippen molar-refractivity contribution in [3.63, 3.8) is 0 Å². The number of benzene rings is 2. The van der Waals surface area contributed by atoms with Crippen LogP contribution in [0.5, 0.6) is 0 Å². The standard InChI is InChI=1S/C18H18S.C17H20NS.CH3.2ClH.Ti/c1-12-11-17-16(9-10-19-17)18(12)15-8-4-6-13-5-2-3-7-14(13)15;1-11-10-15-13(7-9-19-15)16(11)14-6-2-4-12-5-3-8-18-17(12)14;;;;/h4,6,8-10H,2-3,5,7,11H2,1H3;2,4,6-7,9,11,13,15-16H,3,5,8,10H2,1H3;1H3;2*1H;/q;2*-1;;;+2/p-2. The van der Waals surface area contributed by atoms with Crippen molar-refractivity contribution in [2.75, 3.05) is 6.54 Å². The molecule has 0 spiro atoms. The van der Waals surface area contributed by atoms with Crippen molar-refractivity contribution in [3.8, 4) is 0 Å². The molecule has 8 rings (SSSR count). The quantitative estimate of drug-likeness (QED) is 0.196. The molecule has 0 radical (unpaired) electrons. The first-order valence-corrected chi connectivity index (χ1v) is 21.2. The van der Waals surface area contributed by atoms with Gasteiger partial charge in [-0.2, -0.15) is 0 Å². The van der Waals surface area contributed by atoms with Gasteiger partial charge in [0.05, 0.1) is 0 Å². The Labute approximate surface area is 278 Å². The van der Waals surface area contributed by atoms with E-state index in [1.165, 1.54) is 78.5 Å². The number of nitrogens with zero attached hydrogens (tertiary/aromatic N) is 1. The predicted molar refractivity (Wildman–Crippen MR) is 184 cm³/mol. The molecular formula is C36H41Cl2NS2Ti-2. The monoisotopic (exact) mass is 669 g/mol. The van der Waals surface area contributed by atoms with Gasteiger partial charge in [-0.25, -0.2) is 0 Å². The Morgan fingerprint density at radius 1 is 0.929 bits per heavy atom. The molecule has 2 aromatic carbocycles. The summed E-state index contributed by atoms with van der Waals surface area (Å²) >= 11 is 3.40.